The fourth-order valence-electron chi connectivity index (χ4n) is 6.83. The van der Waals surface area contributed by atoms with Gasteiger partial charge >= 0.3 is 11.9 Å². The van der Waals surface area contributed by atoms with Gasteiger partial charge in [-0.2, -0.15) is 0 Å². The van der Waals surface area contributed by atoms with Gasteiger partial charge in [0.2, 0.25) is 23.6 Å². The van der Waals surface area contributed by atoms with Crippen molar-refractivity contribution in [3.63, 3.8) is 0 Å². The molecular formula is C41H46N6O9. The smallest absolute Gasteiger partial charge is 0.325 e. The first-order chi connectivity index (χ1) is 26.9. The number of aromatic hydroxyl groups is 1. The first-order valence-electron chi connectivity index (χ1n) is 18.3. The first kappa shape index (κ1) is 40.5. The van der Waals surface area contributed by atoms with Crippen molar-refractivity contribution in [2.24, 2.45) is 0 Å². The predicted octanol–water partition coefficient (Wildman–Crippen LogP) is 2.99. The van der Waals surface area contributed by atoms with Gasteiger partial charge in [0.15, 0.2) is 0 Å². The normalized spacial score (nSPS) is 12.6. The van der Waals surface area contributed by atoms with Crippen molar-refractivity contribution < 1.29 is 43.3 Å². The van der Waals surface area contributed by atoms with Crippen molar-refractivity contribution in [1.29, 1.82) is 0 Å². The summed E-state index contributed by atoms with van der Waals surface area (Å²) in [5.74, 6) is -3.98. The summed E-state index contributed by atoms with van der Waals surface area (Å²) in [6.45, 7) is 5.41. The van der Waals surface area contributed by atoms with Crippen LogP contribution in [0, 0.1) is 0 Å². The summed E-state index contributed by atoms with van der Waals surface area (Å²) in [7, 11) is 0. The van der Waals surface area contributed by atoms with Gasteiger partial charge in [-0.05, 0) is 54.8 Å². The van der Waals surface area contributed by atoms with Crippen LogP contribution in [0.2, 0.25) is 0 Å². The van der Waals surface area contributed by atoms with Gasteiger partial charge in [0.1, 0.15) is 30.9 Å². The number of benzene rings is 3. The number of amides is 4. The number of hydrogen-bond acceptors (Lipinski definition) is 9. The van der Waals surface area contributed by atoms with E-state index < -0.39 is 53.6 Å². The number of nitrogens with one attached hydrogen (secondary N) is 6. The minimum Gasteiger partial charge on any atom is -0.508 e. The summed E-state index contributed by atoms with van der Waals surface area (Å²) in [6.07, 6.45) is 0.00499. The molecule has 0 saturated carbocycles. The molecule has 2 unspecified atom stereocenters. The Labute approximate surface area is 322 Å². The highest BCUT2D eigenvalue weighted by molar-refractivity contribution is 5.93. The molecule has 2 atom stereocenters. The molecule has 4 amide bonds. The molecule has 2 heterocycles. The van der Waals surface area contributed by atoms with E-state index in [0.29, 0.717) is 28.1 Å². The van der Waals surface area contributed by atoms with Gasteiger partial charge in [-0.15, -0.1) is 0 Å². The maximum atomic E-state index is 13.6. The number of aromatic amines is 2. The van der Waals surface area contributed by atoms with E-state index in [1.807, 2.05) is 48.5 Å². The first-order valence-corrected chi connectivity index (χ1v) is 18.3. The third-order valence-electron chi connectivity index (χ3n) is 9.13. The fraction of sp³-hybridized carbons (Fsp3) is 0.317. The third-order valence-corrected chi connectivity index (χ3v) is 9.13. The van der Waals surface area contributed by atoms with Crippen LogP contribution in [0.4, 0.5) is 0 Å². The lowest BCUT2D eigenvalue weighted by atomic mass is 9.85. The molecule has 15 heteroatoms. The fourth-order valence-corrected chi connectivity index (χ4v) is 6.83. The van der Waals surface area contributed by atoms with Crippen LogP contribution in [0.5, 0.6) is 5.75 Å². The predicted molar refractivity (Wildman–Crippen MR) is 208 cm³/mol. The lowest BCUT2D eigenvalue weighted by Crippen LogP contribution is -2.48. The largest absolute Gasteiger partial charge is 0.508 e. The van der Waals surface area contributed by atoms with Gasteiger partial charge in [-0.3, -0.25) is 28.8 Å². The summed E-state index contributed by atoms with van der Waals surface area (Å²) in [5, 5.41) is 22.5. The molecule has 0 aliphatic carbocycles. The molecule has 0 aliphatic heterocycles. The Morgan fingerprint density at radius 1 is 0.625 bits per heavy atom. The molecule has 0 saturated heterocycles. The van der Waals surface area contributed by atoms with Gasteiger partial charge in [0, 0.05) is 59.9 Å². The molecule has 0 radical (unpaired) electrons. The summed E-state index contributed by atoms with van der Waals surface area (Å²) < 4.78 is 9.94. The van der Waals surface area contributed by atoms with E-state index in [0.717, 1.165) is 21.8 Å². The number of phenolic OH excluding ortho intramolecular Hbond substituents is 1. The number of para-hydroxylation sites is 2. The maximum Gasteiger partial charge on any atom is 0.325 e. The summed E-state index contributed by atoms with van der Waals surface area (Å²) in [4.78, 5) is 83.5. The van der Waals surface area contributed by atoms with Crippen LogP contribution < -0.4 is 21.3 Å². The molecule has 3 aromatic carbocycles. The Bertz CT molecular complexity index is 2090. The second kappa shape index (κ2) is 18.6. The van der Waals surface area contributed by atoms with E-state index in [2.05, 4.69) is 31.2 Å². The Hall–Kier alpha value is -6.64. The standard InChI is InChI=1S/C41H46N6O9/c1-5-55-35(51)21-42-40(53)33(44-23(3)48)19-29-27-11-7-9-13-31(27)46-38(29)37(25-15-17-26(50)18-16-25)39-30(28-12-8-10-14-32(28)47-39)20-34(45-24(4)49)41(54)43-22-36(52)56-6-2/h7-18,33-34,37,46-47,50H,5-6,19-22H2,1-4H3,(H,42,53)(H,43,54)(H,44,48)(H,45,49). The van der Waals surface area contributed by atoms with E-state index in [-0.39, 0.29) is 44.9 Å². The summed E-state index contributed by atoms with van der Waals surface area (Å²) in [5.41, 5.74) is 4.83. The van der Waals surface area contributed by atoms with Crippen LogP contribution in [0.15, 0.2) is 72.8 Å². The molecule has 56 heavy (non-hydrogen) atoms. The number of H-pyrrole nitrogens is 2. The zero-order chi connectivity index (χ0) is 40.4. The number of hydrogen-bond donors (Lipinski definition) is 7. The summed E-state index contributed by atoms with van der Waals surface area (Å²) in [6, 6.07) is 19.4. The lowest BCUT2D eigenvalue weighted by Gasteiger charge is -2.24. The number of carbonyl (C=O) groups excluding carboxylic acids is 6. The monoisotopic (exact) mass is 766 g/mol. The average molecular weight is 767 g/mol. The van der Waals surface area contributed by atoms with E-state index >= 15 is 0 Å². The van der Waals surface area contributed by atoms with Crippen molar-refractivity contribution in [1.82, 2.24) is 31.2 Å². The molecule has 0 fully saturated rings. The molecule has 5 aromatic rings. The Balaban J connectivity index is 1.68. The highest BCUT2D eigenvalue weighted by Gasteiger charge is 2.33. The lowest BCUT2D eigenvalue weighted by molar-refractivity contribution is -0.144. The molecule has 15 nitrogen and oxygen atoms in total. The second-order valence-electron chi connectivity index (χ2n) is 13.1. The number of ether oxygens (including phenoxy) is 2. The number of fused-ring (bicyclic) bond motifs is 2. The average Bonchev–Trinajstić information content (AvgIpc) is 3.71. The van der Waals surface area contributed by atoms with Crippen LogP contribution >= 0.6 is 0 Å². The van der Waals surface area contributed by atoms with Gasteiger partial charge in [0.25, 0.3) is 0 Å². The molecule has 0 spiro atoms. The van der Waals surface area contributed by atoms with Crippen molar-refractivity contribution in [3.8, 4) is 5.75 Å². The third kappa shape index (κ3) is 9.91. The maximum absolute atomic E-state index is 13.6. The minimum atomic E-state index is -1.10. The molecule has 0 bridgehead atoms. The zero-order valence-corrected chi connectivity index (χ0v) is 31.6. The molecule has 0 aliphatic rings. The molecule has 2 aromatic heterocycles. The second-order valence-corrected chi connectivity index (χ2v) is 13.1. The van der Waals surface area contributed by atoms with Crippen LogP contribution in [-0.4, -0.2) is 89.0 Å². The van der Waals surface area contributed by atoms with Crippen molar-refractivity contribution in [2.45, 2.75) is 58.5 Å². The highest BCUT2D eigenvalue weighted by Crippen LogP contribution is 2.41. The Morgan fingerprint density at radius 2 is 1.04 bits per heavy atom. The molecule has 7 N–H and O–H groups in total. The summed E-state index contributed by atoms with van der Waals surface area (Å²) >= 11 is 0. The Morgan fingerprint density at radius 3 is 1.43 bits per heavy atom. The molecular weight excluding hydrogens is 720 g/mol. The molecule has 5 rings (SSSR count). The number of carbonyl (C=O) groups is 6. The van der Waals surface area contributed by atoms with E-state index in [1.54, 1.807) is 38.1 Å². The van der Waals surface area contributed by atoms with Gasteiger partial charge < -0.3 is 45.8 Å². The van der Waals surface area contributed by atoms with Gasteiger partial charge in [-0.1, -0.05) is 48.5 Å². The molecule has 294 valence electrons. The zero-order valence-electron chi connectivity index (χ0n) is 31.6. The highest BCUT2D eigenvalue weighted by atomic mass is 16.5. The van der Waals surface area contributed by atoms with E-state index in [1.165, 1.54) is 13.8 Å². The van der Waals surface area contributed by atoms with E-state index in [9.17, 15) is 33.9 Å². The van der Waals surface area contributed by atoms with Crippen molar-refractivity contribution in [3.05, 3.63) is 101 Å². The van der Waals surface area contributed by atoms with Crippen LogP contribution in [0.3, 0.4) is 0 Å². The van der Waals surface area contributed by atoms with Crippen LogP contribution in [0.25, 0.3) is 21.8 Å². The number of aromatic nitrogens is 2. The van der Waals surface area contributed by atoms with Crippen LogP contribution in [-0.2, 0) is 51.1 Å². The topological polar surface area (TPSA) is 221 Å². The number of rotatable bonds is 17. The van der Waals surface area contributed by atoms with Crippen LogP contribution in [0.1, 0.15) is 61.7 Å². The van der Waals surface area contributed by atoms with Crippen molar-refractivity contribution in [2.75, 3.05) is 26.3 Å². The Kier molecular flexibility index (Phi) is 13.5. The van der Waals surface area contributed by atoms with E-state index in [4.69, 9.17) is 9.47 Å². The minimum absolute atomic E-state index is 0.00249. The van der Waals surface area contributed by atoms with Gasteiger partial charge in [-0.25, -0.2) is 0 Å². The quantitative estimate of drug-likeness (QED) is 0.0691. The number of phenols is 1. The van der Waals surface area contributed by atoms with Crippen molar-refractivity contribution >= 4 is 57.4 Å². The number of esters is 2. The van der Waals surface area contributed by atoms with Gasteiger partial charge in [0.05, 0.1) is 19.1 Å². The SMILES string of the molecule is CCOC(=O)CNC(=O)C(Cc1c(C(c2ccc(O)cc2)c2[nH]c3ccccc3c2CC(NC(C)=O)C(=O)NCC(=O)OCC)[nH]c2ccccc12)NC(C)=O.